The summed E-state index contributed by atoms with van der Waals surface area (Å²) in [6.07, 6.45) is 0. The molecule has 14 rings (SSSR count). The van der Waals surface area contributed by atoms with Gasteiger partial charge in [0.1, 0.15) is 34.2 Å². The van der Waals surface area contributed by atoms with E-state index < -0.39 is 0 Å². The third-order valence-corrected chi connectivity index (χ3v) is 16.5. The van der Waals surface area contributed by atoms with Gasteiger partial charge in [-0.05, 0) is 167 Å². The van der Waals surface area contributed by atoms with E-state index in [9.17, 15) is 0 Å². The molecule has 83 heavy (non-hydrogen) atoms. The summed E-state index contributed by atoms with van der Waals surface area (Å²) in [4.78, 5) is 21.1. The SMILES string of the molecule is Cc1ccc2c(n1)oc1c2nc(C)c2c3cc(Oc4cccc(-c5nc6ccccc6n5-c5c(C(C)C)cc(-c6ccccc6)cc5C(C)C)c4)cc(-c4nc5ccccc5n4-c4c(C(C)C)cc(-c5ccccc5)cc4C(C)C)c3oc12. The second-order valence-corrected chi connectivity index (χ2v) is 23.4. The van der Waals surface area contributed by atoms with Crippen LogP contribution in [0.4, 0.5) is 0 Å². The standard InChI is InChI=1S/C74H64N6O3/c1-41(2)55-35-50(47-22-13-11-14-23-47)36-56(42(3)4)67(55)79-63-30-19-17-28-61(63)77-72(79)49-26-21-27-52(34-49)81-53-39-59-65-46(10)76-66-54-33-32-45(9)75-74(54)83-71(66)70(65)82-69(59)60(40-53)73-78-62-29-18-20-31-64(62)80(73)68-57(43(5)6)37-51(38-58(68)44(7)8)48-24-15-12-16-25-48/h11-44H,1-10H3. The zero-order chi connectivity index (χ0) is 56.9. The van der Waals surface area contributed by atoms with E-state index in [0.717, 1.165) is 78.1 Å². The lowest BCUT2D eigenvalue weighted by molar-refractivity contribution is 0.483. The number of para-hydroxylation sites is 4. The molecule has 9 heteroatoms. The Morgan fingerprint density at radius 2 is 0.916 bits per heavy atom. The van der Waals surface area contributed by atoms with Crippen molar-refractivity contribution in [3.8, 4) is 67.9 Å². The molecule has 0 saturated heterocycles. The lowest BCUT2D eigenvalue weighted by atomic mass is 9.88. The first-order valence-electron chi connectivity index (χ1n) is 29.1. The van der Waals surface area contributed by atoms with Crippen LogP contribution in [0.25, 0.3) is 123 Å². The predicted octanol–water partition coefficient (Wildman–Crippen LogP) is 20.5. The van der Waals surface area contributed by atoms with E-state index in [1.54, 1.807) is 0 Å². The molecular weight excluding hydrogens is 1020 g/mol. The Balaban J connectivity index is 1.00. The number of benzene rings is 8. The van der Waals surface area contributed by atoms with E-state index in [4.69, 9.17) is 33.5 Å². The first-order chi connectivity index (χ1) is 40.3. The van der Waals surface area contributed by atoms with Gasteiger partial charge in [0.15, 0.2) is 11.2 Å². The van der Waals surface area contributed by atoms with Crippen molar-refractivity contribution < 1.29 is 13.6 Å². The highest BCUT2D eigenvalue weighted by atomic mass is 16.5. The van der Waals surface area contributed by atoms with Crippen LogP contribution in [0.1, 0.15) is 113 Å². The summed E-state index contributed by atoms with van der Waals surface area (Å²) in [6.45, 7) is 22.3. The zero-order valence-corrected chi connectivity index (χ0v) is 48.5. The molecule has 0 spiro atoms. The Morgan fingerprint density at radius 1 is 0.398 bits per heavy atom. The Labute approximate surface area is 482 Å². The molecule has 6 aromatic heterocycles. The summed E-state index contributed by atoms with van der Waals surface area (Å²) in [7, 11) is 0. The van der Waals surface area contributed by atoms with Gasteiger partial charge < -0.3 is 13.6 Å². The number of hydrogen-bond acceptors (Lipinski definition) is 7. The minimum atomic E-state index is 0.163. The van der Waals surface area contributed by atoms with Gasteiger partial charge in [-0.15, -0.1) is 0 Å². The van der Waals surface area contributed by atoms with E-state index in [-0.39, 0.29) is 23.7 Å². The van der Waals surface area contributed by atoms with Crippen molar-refractivity contribution >= 4 is 66.2 Å². The maximum Gasteiger partial charge on any atom is 0.229 e. The first-order valence-corrected chi connectivity index (χ1v) is 29.1. The summed E-state index contributed by atoms with van der Waals surface area (Å²) in [5, 5.41) is 2.50. The third-order valence-electron chi connectivity index (χ3n) is 16.5. The summed E-state index contributed by atoms with van der Waals surface area (Å²) >= 11 is 0. The molecule has 0 bridgehead atoms. The number of rotatable bonds is 12. The summed E-state index contributed by atoms with van der Waals surface area (Å²) < 4.78 is 25.9. The minimum absolute atomic E-state index is 0.163. The minimum Gasteiger partial charge on any atom is -0.457 e. The van der Waals surface area contributed by atoms with Crippen LogP contribution in [0.5, 0.6) is 11.5 Å². The van der Waals surface area contributed by atoms with Gasteiger partial charge in [0.05, 0.1) is 55.5 Å². The van der Waals surface area contributed by atoms with Crippen LogP contribution >= 0.6 is 0 Å². The molecule has 0 amide bonds. The number of fused-ring (bicyclic) bond motifs is 9. The predicted molar refractivity (Wildman–Crippen MR) is 340 cm³/mol. The van der Waals surface area contributed by atoms with Gasteiger partial charge in [0, 0.05) is 16.6 Å². The van der Waals surface area contributed by atoms with E-state index in [1.165, 1.54) is 50.2 Å². The number of aryl methyl sites for hydroxylation is 2. The number of hydrogen-bond donors (Lipinski definition) is 0. The average Bonchev–Trinajstić information content (AvgIpc) is 3.31. The molecular formula is C74H64N6O3. The van der Waals surface area contributed by atoms with Gasteiger partial charge in [0.25, 0.3) is 0 Å². The molecule has 8 aromatic carbocycles. The smallest absolute Gasteiger partial charge is 0.229 e. The normalized spacial score (nSPS) is 12.2. The topological polar surface area (TPSA) is 96.9 Å². The Kier molecular flexibility index (Phi) is 12.5. The van der Waals surface area contributed by atoms with E-state index in [2.05, 4.69) is 228 Å². The highest BCUT2D eigenvalue weighted by molar-refractivity contribution is 6.19. The van der Waals surface area contributed by atoms with Crippen molar-refractivity contribution in [2.45, 2.75) is 92.9 Å². The fourth-order valence-corrected chi connectivity index (χ4v) is 12.4. The number of pyridine rings is 2. The molecule has 0 saturated carbocycles. The van der Waals surface area contributed by atoms with E-state index in [0.29, 0.717) is 39.5 Å². The highest BCUT2D eigenvalue weighted by Gasteiger charge is 2.30. The maximum absolute atomic E-state index is 7.28. The van der Waals surface area contributed by atoms with Crippen LogP contribution in [0.3, 0.4) is 0 Å². The second-order valence-electron chi connectivity index (χ2n) is 23.4. The quantitative estimate of drug-likeness (QED) is 0.120. The molecule has 0 aliphatic rings. The Bertz CT molecular complexity index is 4800. The summed E-state index contributed by atoms with van der Waals surface area (Å²) in [5.74, 6) is 3.58. The molecule has 408 valence electrons. The van der Waals surface area contributed by atoms with Gasteiger partial charge in [-0.1, -0.05) is 152 Å². The average molecular weight is 1090 g/mol. The number of furan rings is 2. The third kappa shape index (κ3) is 8.67. The highest BCUT2D eigenvalue weighted by Crippen LogP contribution is 2.48. The molecule has 0 atom stereocenters. The molecule has 0 aliphatic carbocycles. The first kappa shape index (κ1) is 51.5. The molecule has 0 aliphatic heterocycles. The van der Waals surface area contributed by atoms with Crippen molar-refractivity contribution in [3.05, 3.63) is 216 Å². The van der Waals surface area contributed by atoms with Crippen LogP contribution in [0, 0.1) is 13.8 Å². The van der Waals surface area contributed by atoms with Crippen molar-refractivity contribution in [2.24, 2.45) is 0 Å². The van der Waals surface area contributed by atoms with Gasteiger partial charge in [-0.2, -0.15) is 0 Å². The molecule has 9 nitrogen and oxygen atoms in total. The summed E-state index contributed by atoms with van der Waals surface area (Å²) in [5.41, 5.74) is 22.2. The number of ether oxygens (including phenoxy) is 1. The lowest BCUT2D eigenvalue weighted by Crippen LogP contribution is -2.09. The Morgan fingerprint density at radius 3 is 1.48 bits per heavy atom. The van der Waals surface area contributed by atoms with Crippen LogP contribution < -0.4 is 4.74 Å². The molecule has 0 N–H and O–H groups in total. The van der Waals surface area contributed by atoms with Crippen LogP contribution in [-0.4, -0.2) is 29.1 Å². The fourth-order valence-electron chi connectivity index (χ4n) is 12.4. The maximum atomic E-state index is 7.28. The zero-order valence-electron chi connectivity index (χ0n) is 48.5. The molecule has 0 radical (unpaired) electrons. The van der Waals surface area contributed by atoms with E-state index in [1.807, 2.05) is 32.0 Å². The lowest BCUT2D eigenvalue weighted by Gasteiger charge is -2.24. The van der Waals surface area contributed by atoms with Crippen LogP contribution in [0.15, 0.2) is 191 Å². The van der Waals surface area contributed by atoms with Crippen molar-refractivity contribution in [1.82, 2.24) is 29.1 Å². The molecule has 14 aromatic rings. The van der Waals surface area contributed by atoms with Gasteiger partial charge in [-0.3, -0.25) is 9.13 Å². The molecule has 0 unspecified atom stereocenters. The fraction of sp³-hybridized carbons (Fsp3) is 0.189. The second kappa shape index (κ2) is 20.1. The van der Waals surface area contributed by atoms with Crippen molar-refractivity contribution in [3.63, 3.8) is 0 Å². The Hall–Kier alpha value is -9.60. The van der Waals surface area contributed by atoms with Crippen molar-refractivity contribution in [1.29, 1.82) is 0 Å². The number of imidazole rings is 2. The largest absolute Gasteiger partial charge is 0.457 e. The van der Waals surface area contributed by atoms with Crippen LogP contribution in [-0.2, 0) is 0 Å². The van der Waals surface area contributed by atoms with E-state index >= 15 is 0 Å². The van der Waals surface area contributed by atoms with Crippen LogP contribution in [0.2, 0.25) is 0 Å². The number of aromatic nitrogens is 6. The number of nitrogens with zero attached hydrogens (tertiary/aromatic N) is 6. The molecule has 6 heterocycles. The van der Waals surface area contributed by atoms with Gasteiger partial charge in [-0.25, -0.2) is 19.9 Å². The van der Waals surface area contributed by atoms with Gasteiger partial charge >= 0.3 is 0 Å². The van der Waals surface area contributed by atoms with Crippen molar-refractivity contribution in [2.75, 3.05) is 0 Å². The monoisotopic (exact) mass is 1080 g/mol. The van der Waals surface area contributed by atoms with Gasteiger partial charge in [0.2, 0.25) is 5.71 Å². The molecule has 0 fully saturated rings. The summed E-state index contributed by atoms with van der Waals surface area (Å²) in [6, 6.07) is 64.3.